The number of piperidine rings is 1. The average molecular weight is 388 g/mol. The third kappa shape index (κ3) is 3.94. The van der Waals surface area contributed by atoms with Gasteiger partial charge in [-0.1, -0.05) is 0 Å². The minimum Gasteiger partial charge on any atom is -0.370 e. The predicted molar refractivity (Wildman–Crippen MR) is 110 cm³/mol. The summed E-state index contributed by atoms with van der Waals surface area (Å²) in [7, 11) is 0. The van der Waals surface area contributed by atoms with Gasteiger partial charge in [0, 0.05) is 24.4 Å². The molecule has 4 rings (SSSR count). The summed E-state index contributed by atoms with van der Waals surface area (Å²) in [6.07, 6.45) is 5.15. The average Bonchev–Trinajstić information content (AvgIpc) is 3.22. The Bertz CT molecular complexity index is 842. The van der Waals surface area contributed by atoms with Gasteiger partial charge in [-0.05, 0) is 64.1 Å². The summed E-state index contributed by atoms with van der Waals surface area (Å²) in [5, 5.41) is 1.20. The molecule has 2 N–H and O–H groups in total. The Morgan fingerprint density at radius 2 is 1.96 bits per heavy atom. The van der Waals surface area contributed by atoms with Crippen LogP contribution in [0.2, 0.25) is 0 Å². The molecule has 1 unspecified atom stereocenters. The Morgan fingerprint density at radius 1 is 1.19 bits per heavy atom. The van der Waals surface area contributed by atoms with E-state index in [0.29, 0.717) is 12.3 Å². The number of carbonyl (C=O) groups is 1. The highest BCUT2D eigenvalue weighted by molar-refractivity contribution is 7.18. The summed E-state index contributed by atoms with van der Waals surface area (Å²) in [6.45, 7) is 9.29. The first kappa shape index (κ1) is 18.6. The first-order valence-corrected chi connectivity index (χ1v) is 10.8. The molecule has 1 atom stereocenters. The fraction of sp³-hybridized carbons (Fsp3) is 0.650. The van der Waals surface area contributed by atoms with Gasteiger partial charge in [0.15, 0.2) is 0 Å². The van der Waals surface area contributed by atoms with Crippen LogP contribution in [0, 0.1) is 19.8 Å². The van der Waals surface area contributed by atoms with E-state index < -0.39 is 0 Å². The van der Waals surface area contributed by atoms with Crippen molar-refractivity contribution in [2.45, 2.75) is 52.5 Å². The lowest BCUT2D eigenvalue weighted by molar-refractivity contribution is -0.118. The molecule has 6 nitrogen and oxygen atoms in total. The van der Waals surface area contributed by atoms with Gasteiger partial charge in [0.1, 0.15) is 16.5 Å². The van der Waals surface area contributed by atoms with Crippen molar-refractivity contribution in [3.63, 3.8) is 0 Å². The van der Waals surface area contributed by atoms with Gasteiger partial charge in [-0.2, -0.15) is 0 Å². The predicted octanol–water partition coefficient (Wildman–Crippen LogP) is 3.00. The number of aryl methyl sites for hydroxylation is 2. The lowest BCUT2D eigenvalue weighted by Crippen LogP contribution is -2.38. The highest BCUT2D eigenvalue weighted by Crippen LogP contribution is 2.37. The molecule has 2 aliphatic heterocycles. The lowest BCUT2D eigenvalue weighted by atomic mass is 9.94. The van der Waals surface area contributed by atoms with Crippen LogP contribution in [0.15, 0.2) is 0 Å². The molecule has 2 saturated heterocycles. The van der Waals surface area contributed by atoms with Crippen molar-refractivity contribution in [2.24, 2.45) is 11.7 Å². The molecule has 2 fully saturated rings. The molecular weight excluding hydrogens is 358 g/mol. The SMILES string of the molecule is Cc1sc2nc(CN3CCCC3)nc(N3CCCC(CC(N)=O)C3)c2c1C. The maximum atomic E-state index is 11.4. The summed E-state index contributed by atoms with van der Waals surface area (Å²) in [5.41, 5.74) is 6.74. The third-order valence-corrected chi connectivity index (χ3v) is 7.03. The number of aromatic nitrogens is 2. The summed E-state index contributed by atoms with van der Waals surface area (Å²) in [5.74, 6) is 2.11. The smallest absolute Gasteiger partial charge is 0.217 e. The fourth-order valence-electron chi connectivity index (χ4n) is 4.42. The van der Waals surface area contributed by atoms with E-state index in [1.165, 1.54) is 28.7 Å². The molecule has 2 aromatic heterocycles. The zero-order valence-electron chi connectivity index (χ0n) is 16.3. The van der Waals surface area contributed by atoms with Crippen molar-refractivity contribution in [3.05, 3.63) is 16.3 Å². The summed E-state index contributed by atoms with van der Waals surface area (Å²) in [6, 6.07) is 0. The highest BCUT2D eigenvalue weighted by Gasteiger charge is 2.26. The molecule has 0 spiro atoms. The molecule has 7 heteroatoms. The second kappa shape index (κ2) is 7.72. The normalized spacial score (nSPS) is 21.3. The van der Waals surface area contributed by atoms with Crippen LogP contribution in [-0.4, -0.2) is 47.0 Å². The molecule has 4 heterocycles. The van der Waals surface area contributed by atoms with Crippen LogP contribution in [0.1, 0.15) is 48.4 Å². The maximum Gasteiger partial charge on any atom is 0.217 e. The van der Waals surface area contributed by atoms with Crippen molar-refractivity contribution >= 4 is 33.3 Å². The number of fused-ring (bicyclic) bond motifs is 1. The van der Waals surface area contributed by atoms with E-state index in [1.807, 2.05) is 0 Å². The Morgan fingerprint density at radius 3 is 2.70 bits per heavy atom. The molecule has 0 saturated carbocycles. The van der Waals surface area contributed by atoms with Crippen molar-refractivity contribution in [1.29, 1.82) is 0 Å². The molecule has 2 aliphatic rings. The van der Waals surface area contributed by atoms with Gasteiger partial charge >= 0.3 is 0 Å². The Hall–Kier alpha value is -1.73. The van der Waals surface area contributed by atoms with Crippen LogP contribution in [0.3, 0.4) is 0 Å². The van der Waals surface area contributed by atoms with E-state index in [0.717, 1.165) is 62.0 Å². The zero-order chi connectivity index (χ0) is 19.0. The minimum atomic E-state index is -0.202. The lowest BCUT2D eigenvalue weighted by Gasteiger charge is -2.34. The number of amides is 1. The summed E-state index contributed by atoms with van der Waals surface area (Å²) in [4.78, 5) is 28.6. The number of rotatable bonds is 5. The van der Waals surface area contributed by atoms with Crippen molar-refractivity contribution in [1.82, 2.24) is 14.9 Å². The van der Waals surface area contributed by atoms with Crippen molar-refractivity contribution in [3.8, 4) is 0 Å². The molecule has 2 aromatic rings. The summed E-state index contributed by atoms with van der Waals surface area (Å²) < 4.78 is 0. The monoisotopic (exact) mass is 387 g/mol. The quantitative estimate of drug-likeness (QED) is 0.854. The van der Waals surface area contributed by atoms with E-state index in [2.05, 4.69) is 23.6 Å². The van der Waals surface area contributed by atoms with Crippen LogP contribution in [-0.2, 0) is 11.3 Å². The van der Waals surface area contributed by atoms with E-state index in [-0.39, 0.29) is 5.91 Å². The molecule has 0 radical (unpaired) electrons. The first-order valence-electron chi connectivity index (χ1n) is 10.0. The molecular formula is C20H29N5OS. The molecule has 0 aliphatic carbocycles. The Balaban J connectivity index is 1.69. The topological polar surface area (TPSA) is 75.3 Å². The second-order valence-electron chi connectivity index (χ2n) is 8.03. The van der Waals surface area contributed by atoms with Gasteiger partial charge in [-0.15, -0.1) is 11.3 Å². The fourth-order valence-corrected chi connectivity index (χ4v) is 5.46. The molecule has 1 amide bonds. The molecule has 0 bridgehead atoms. The van der Waals surface area contributed by atoms with Crippen LogP contribution >= 0.6 is 11.3 Å². The summed E-state index contributed by atoms with van der Waals surface area (Å²) >= 11 is 1.77. The second-order valence-corrected chi connectivity index (χ2v) is 9.24. The van der Waals surface area contributed by atoms with E-state index >= 15 is 0 Å². The first-order chi connectivity index (χ1) is 13.0. The number of carbonyl (C=O) groups excluding carboxylic acids is 1. The molecule has 0 aromatic carbocycles. The van der Waals surface area contributed by atoms with Gasteiger partial charge in [0.05, 0.1) is 11.9 Å². The van der Waals surface area contributed by atoms with Crippen LogP contribution in [0.5, 0.6) is 0 Å². The largest absolute Gasteiger partial charge is 0.370 e. The van der Waals surface area contributed by atoms with Gasteiger partial charge in [-0.3, -0.25) is 9.69 Å². The van der Waals surface area contributed by atoms with Crippen LogP contribution in [0.4, 0.5) is 5.82 Å². The number of likely N-dealkylation sites (tertiary alicyclic amines) is 1. The Labute approximate surface area is 164 Å². The number of hydrogen-bond donors (Lipinski definition) is 1. The molecule has 27 heavy (non-hydrogen) atoms. The number of nitrogens with two attached hydrogens (primary N) is 1. The number of anilines is 1. The number of hydrogen-bond acceptors (Lipinski definition) is 6. The minimum absolute atomic E-state index is 0.202. The van der Waals surface area contributed by atoms with Crippen molar-refractivity contribution < 1.29 is 4.79 Å². The number of thiophene rings is 1. The van der Waals surface area contributed by atoms with Crippen molar-refractivity contribution in [2.75, 3.05) is 31.1 Å². The molecule has 146 valence electrons. The highest BCUT2D eigenvalue weighted by atomic mass is 32.1. The van der Waals surface area contributed by atoms with E-state index in [1.54, 1.807) is 11.3 Å². The number of nitrogens with zero attached hydrogens (tertiary/aromatic N) is 4. The maximum absolute atomic E-state index is 11.4. The van der Waals surface area contributed by atoms with Gasteiger partial charge in [-0.25, -0.2) is 9.97 Å². The van der Waals surface area contributed by atoms with Crippen LogP contribution in [0.25, 0.3) is 10.2 Å². The van der Waals surface area contributed by atoms with E-state index in [4.69, 9.17) is 15.7 Å². The zero-order valence-corrected chi connectivity index (χ0v) is 17.1. The van der Waals surface area contributed by atoms with E-state index in [9.17, 15) is 4.79 Å². The Kier molecular flexibility index (Phi) is 5.32. The van der Waals surface area contributed by atoms with Crippen LogP contribution < -0.4 is 10.6 Å². The third-order valence-electron chi connectivity index (χ3n) is 5.93. The standard InChI is InChI=1S/C20H29N5OS/c1-13-14(2)27-20-18(13)19(22-17(23-20)12-24-7-3-4-8-24)25-9-5-6-15(11-25)10-16(21)26/h15H,3-12H2,1-2H3,(H2,21,26). The van der Waals surface area contributed by atoms with Gasteiger partial charge in [0.25, 0.3) is 0 Å². The van der Waals surface area contributed by atoms with Gasteiger partial charge < -0.3 is 10.6 Å². The number of primary amides is 1. The van der Waals surface area contributed by atoms with Gasteiger partial charge in [0.2, 0.25) is 5.91 Å².